The Balaban J connectivity index is 1.41. The molecule has 1 aliphatic carbocycles. The van der Waals surface area contributed by atoms with Gasteiger partial charge < -0.3 is 14.9 Å². The van der Waals surface area contributed by atoms with Crippen LogP contribution >= 0.6 is 11.8 Å². The molecule has 0 bridgehead atoms. The van der Waals surface area contributed by atoms with Crippen LogP contribution in [0.3, 0.4) is 0 Å². The Morgan fingerprint density at radius 2 is 2.25 bits per heavy atom. The normalized spacial score (nSPS) is 14.0. The third kappa shape index (κ3) is 3.21. The number of aromatic nitrogens is 2. The van der Waals surface area contributed by atoms with Gasteiger partial charge in [-0.3, -0.25) is 4.79 Å². The summed E-state index contributed by atoms with van der Waals surface area (Å²) >= 11 is 1.20. The second kappa shape index (κ2) is 6.16. The number of carbonyl (C=O) groups is 1. The fourth-order valence-electron chi connectivity index (χ4n) is 2.39. The van der Waals surface area contributed by atoms with E-state index in [1.165, 1.54) is 18.0 Å². The second-order valence-electron chi connectivity index (χ2n) is 5.71. The van der Waals surface area contributed by atoms with Gasteiger partial charge in [-0.1, -0.05) is 0 Å². The summed E-state index contributed by atoms with van der Waals surface area (Å²) in [7, 11) is 0. The molecule has 0 atom stereocenters. The third-order valence-electron chi connectivity index (χ3n) is 3.75. The lowest BCUT2D eigenvalue weighted by Gasteiger charge is -2.05. The minimum atomic E-state index is -0.172. The molecule has 1 saturated carbocycles. The van der Waals surface area contributed by atoms with E-state index in [1.807, 2.05) is 12.1 Å². The van der Waals surface area contributed by atoms with Crippen LogP contribution in [0.5, 0.6) is 0 Å². The standard InChI is InChI=1S/C17H15N3O3S/c21-15(10-24-16-3-1-2-8-20(16)22)18-12-6-7-14-13(9-12)19-17(23-14)11-4-5-11/h1-3,6-9,11H,4-5,10H2,(H,18,21). The van der Waals surface area contributed by atoms with Gasteiger partial charge in [0.1, 0.15) is 5.52 Å². The molecule has 6 nitrogen and oxygen atoms in total. The molecule has 122 valence electrons. The SMILES string of the molecule is O=C(CSc1cccc[n+]1[O-])Nc1ccc2oc(C3CC3)nc2c1. The summed E-state index contributed by atoms with van der Waals surface area (Å²) < 4.78 is 6.45. The van der Waals surface area contributed by atoms with Crippen molar-refractivity contribution in [1.82, 2.24) is 4.98 Å². The molecule has 2 aromatic heterocycles. The molecule has 1 N–H and O–H groups in total. The fourth-order valence-corrected chi connectivity index (χ4v) is 3.10. The number of hydrogen-bond acceptors (Lipinski definition) is 5. The summed E-state index contributed by atoms with van der Waals surface area (Å²) in [4.78, 5) is 16.5. The van der Waals surface area contributed by atoms with Crippen molar-refractivity contribution < 1.29 is 13.9 Å². The Bertz CT molecular complexity index is 905. The highest BCUT2D eigenvalue weighted by Crippen LogP contribution is 2.40. The maximum Gasteiger partial charge on any atom is 0.251 e. The van der Waals surface area contributed by atoms with Crippen LogP contribution in [0.4, 0.5) is 5.69 Å². The van der Waals surface area contributed by atoms with Gasteiger partial charge in [-0.2, -0.15) is 4.73 Å². The zero-order valence-electron chi connectivity index (χ0n) is 12.8. The number of rotatable bonds is 5. The van der Waals surface area contributed by atoms with E-state index in [-0.39, 0.29) is 11.7 Å². The quantitative estimate of drug-likeness (QED) is 0.438. The molecule has 4 rings (SSSR count). The van der Waals surface area contributed by atoms with Crippen molar-refractivity contribution in [2.75, 3.05) is 11.1 Å². The number of fused-ring (bicyclic) bond motifs is 1. The molecule has 3 aromatic rings. The molecule has 1 fully saturated rings. The first-order valence-corrected chi connectivity index (χ1v) is 8.69. The highest BCUT2D eigenvalue weighted by Gasteiger charge is 2.28. The highest BCUT2D eigenvalue weighted by atomic mass is 32.2. The van der Waals surface area contributed by atoms with Gasteiger partial charge in [0.05, 0.1) is 5.75 Å². The minimum Gasteiger partial charge on any atom is -0.618 e. The molecule has 1 aromatic carbocycles. The number of oxazole rings is 1. The maximum absolute atomic E-state index is 12.1. The number of hydrogen-bond donors (Lipinski definition) is 1. The summed E-state index contributed by atoms with van der Waals surface area (Å²) in [5, 5.41) is 14.9. The number of amides is 1. The lowest BCUT2D eigenvalue weighted by atomic mass is 10.3. The topological polar surface area (TPSA) is 82.1 Å². The summed E-state index contributed by atoms with van der Waals surface area (Å²) in [6.45, 7) is 0. The van der Waals surface area contributed by atoms with E-state index in [2.05, 4.69) is 10.3 Å². The van der Waals surface area contributed by atoms with E-state index in [0.29, 0.717) is 16.6 Å². The van der Waals surface area contributed by atoms with Crippen LogP contribution in [0.2, 0.25) is 0 Å². The summed E-state index contributed by atoms with van der Waals surface area (Å²) in [5.74, 6) is 1.23. The van der Waals surface area contributed by atoms with E-state index in [1.54, 1.807) is 24.3 Å². The van der Waals surface area contributed by atoms with Gasteiger partial charge in [-0.15, -0.1) is 0 Å². The minimum absolute atomic E-state index is 0.163. The highest BCUT2D eigenvalue weighted by molar-refractivity contribution is 7.99. The van der Waals surface area contributed by atoms with Crippen LogP contribution in [0, 0.1) is 5.21 Å². The van der Waals surface area contributed by atoms with Crippen LogP contribution in [-0.2, 0) is 4.79 Å². The predicted octanol–water partition coefficient (Wildman–Crippen LogP) is 3.07. The summed E-state index contributed by atoms with van der Waals surface area (Å²) in [6.07, 6.45) is 3.68. The number of carbonyl (C=O) groups excluding carboxylic acids is 1. The number of thioether (sulfide) groups is 1. The largest absolute Gasteiger partial charge is 0.618 e. The molecule has 0 saturated heterocycles. The number of anilines is 1. The number of nitrogens with one attached hydrogen (secondary N) is 1. The van der Waals surface area contributed by atoms with Gasteiger partial charge in [-0.25, -0.2) is 4.98 Å². The Hall–Kier alpha value is -2.54. The van der Waals surface area contributed by atoms with E-state index in [4.69, 9.17) is 4.42 Å². The molecule has 0 radical (unpaired) electrons. The number of pyridine rings is 1. The molecule has 24 heavy (non-hydrogen) atoms. The first kappa shape index (κ1) is 15.0. The number of benzene rings is 1. The zero-order valence-corrected chi connectivity index (χ0v) is 13.6. The Morgan fingerprint density at radius 1 is 1.38 bits per heavy atom. The number of nitrogens with zero attached hydrogens (tertiary/aromatic N) is 2. The lowest BCUT2D eigenvalue weighted by molar-refractivity contribution is -0.645. The predicted molar refractivity (Wildman–Crippen MR) is 90.7 cm³/mol. The van der Waals surface area contributed by atoms with Crippen LogP contribution in [0.15, 0.2) is 52.0 Å². The van der Waals surface area contributed by atoms with Crippen molar-refractivity contribution in [2.24, 2.45) is 0 Å². The molecule has 1 amide bonds. The van der Waals surface area contributed by atoms with Crippen LogP contribution < -0.4 is 10.0 Å². The maximum atomic E-state index is 12.1. The molecular formula is C17H15N3O3S. The second-order valence-corrected chi connectivity index (χ2v) is 6.71. The lowest BCUT2D eigenvalue weighted by Crippen LogP contribution is -2.28. The van der Waals surface area contributed by atoms with Crippen LogP contribution in [-0.4, -0.2) is 16.6 Å². The fraction of sp³-hybridized carbons (Fsp3) is 0.235. The van der Waals surface area contributed by atoms with Gasteiger partial charge in [0.15, 0.2) is 17.7 Å². The third-order valence-corrected chi connectivity index (χ3v) is 4.77. The van der Waals surface area contributed by atoms with Crippen molar-refractivity contribution in [1.29, 1.82) is 0 Å². The molecule has 0 unspecified atom stereocenters. The van der Waals surface area contributed by atoms with Crippen LogP contribution in [0.25, 0.3) is 11.1 Å². The van der Waals surface area contributed by atoms with Gasteiger partial charge in [0.2, 0.25) is 5.91 Å². The van der Waals surface area contributed by atoms with E-state index in [0.717, 1.165) is 34.6 Å². The first-order chi connectivity index (χ1) is 11.7. The van der Waals surface area contributed by atoms with Crippen molar-refractivity contribution >= 4 is 34.5 Å². The average Bonchev–Trinajstić information content (AvgIpc) is 3.34. The summed E-state index contributed by atoms with van der Waals surface area (Å²) in [6, 6.07) is 10.5. The van der Waals surface area contributed by atoms with E-state index >= 15 is 0 Å². The van der Waals surface area contributed by atoms with Crippen LogP contribution in [0.1, 0.15) is 24.7 Å². The Morgan fingerprint density at radius 3 is 3.04 bits per heavy atom. The molecule has 2 heterocycles. The van der Waals surface area contributed by atoms with Crippen molar-refractivity contribution in [3.05, 3.63) is 53.7 Å². The van der Waals surface area contributed by atoms with E-state index in [9.17, 15) is 10.0 Å². The molecule has 0 spiro atoms. The molecule has 7 heteroatoms. The van der Waals surface area contributed by atoms with E-state index < -0.39 is 0 Å². The summed E-state index contributed by atoms with van der Waals surface area (Å²) in [5.41, 5.74) is 2.16. The zero-order chi connectivity index (χ0) is 16.5. The average molecular weight is 341 g/mol. The van der Waals surface area contributed by atoms with Crippen molar-refractivity contribution in [3.63, 3.8) is 0 Å². The molecule has 0 aliphatic heterocycles. The van der Waals surface area contributed by atoms with Crippen molar-refractivity contribution in [2.45, 2.75) is 23.8 Å². The van der Waals surface area contributed by atoms with Gasteiger partial charge in [0, 0.05) is 23.7 Å². The molecule has 1 aliphatic rings. The van der Waals surface area contributed by atoms with Gasteiger partial charge >= 0.3 is 0 Å². The first-order valence-electron chi connectivity index (χ1n) is 7.70. The van der Waals surface area contributed by atoms with Gasteiger partial charge in [-0.05, 0) is 48.9 Å². The smallest absolute Gasteiger partial charge is 0.251 e. The monoisotopic (exact) mass is 341 g/mol. The Kier molecular flexibility index (Phi) is 3.86. The van der Waals surface area contributed by atoms with Crippen molar-refractivity contribution in [3.8, 4) is 0 Å². The van der Waals surface area contributed by atoms with Gasteiger partial charge in [0.25, 0.3) is 5.03 Å². The Labute approximate surface area is 142 Å². The molecular weight excluding hydrogens is 326 g/mol.